The second-order valence-electron chi connectivity index (χ2n) is 11.8. The number of nitrogens with zero attached hydrogens (tertiary/aromatic N) is 2. The van der Waals surface area contributed by atoms with Crippen molar-refractivity contribution in [3.63, 3.8) is 0 Å². The van der Waals surface area contributed by atoms with E-state index in [1.54, 1.807) is 26.8 Å². The number of nitriles is 1. The molecule has 0 fully saturated rings. The van der Waals surface area contributed by atoms with Crippen molar-refractivity contribution in [1.29, 1.82) is 5.26 Å². The summed E-state index contributed by atoms with van der Waals surface area (Å²) < 4.78 is 5.47. The molecule has 4 aromatic rings. The van der Waals surface area contributed by atoms with Gasteiger partial charge in [0.2, 0.25) is 5.91 Å². The first-order valence-corrected chi connectivity index (χ1v) is 14.5. The van der Waals surface area contributed by atoms with Gasteiger partial charge in [0.25, 0.3) is 5.91 Å². The minimum atomic E-state index is -1.16. The summed E-state index contributed by atoms with van der Waals surface area (Å²) in [5, 5.41) is 17.6. The number of rotatable bonds is 9. The summed E-state index contributed by atoms with van der Waals surface area (Å²) in [7, 11) is 0. The van der Waals surface area contributed by atoms with Crippen LogP contribution in [0.4, 0.5) is 10.5 Å². The van der Waals surface area contributed by atoms with Crippen LogP contribution in [0.15, 0.2) is 91.0 Å². The summed E-state index contributed by atoms with van der Waals surface area (Å²) in [6.07, 6.45) is -0.639. The van der Waals surface area contributed by atoms with Gasteiger partial charge in [-0.05, 0) is 74.2 Å². The minimum absolute atomic E-state index is 0.132. The van der Waals surface area contributed by atoms with Crippen LogP contribution in [0.1, 0.15) is 49.1 Å². The molecule has 2 unspecified atom stereocenters. The van der Waals surface area contributed by atoms with Gasteiger partial charge >= 0.3 is 6.09 Å². The molecule has 0 aliphatic carbocycles. The Labute approximate surface area is 258 Å². The van der Waals surface area contributed by atoms with Crippen molar-refractivity contribution < 1.29 is 19.1 Å². The number of nitrogens with one attached hydrogen (secondary N) is 2. The van der Waals surface area contributed by atoms with Gasteiger partial charge in [-0.3, -0.25) is 9.59 Å². The van der Waals surface area contributed by atoms with Gasteiger partial charge in [-0.25, -0.2) is 4.79 Å². The van der Waals surface area contributed by atoms with Crippen LogP contribution in [-0.4, -0.2) is 41.0 Å². The Morgan fingerprint density at radius 2 is 1.57 bits per heavy atom. The lowest BCUT2D eigenvalue weighted by Crippen LogP contribution is -2.53. The predicted octanol–water partition coefficient (Wildman–Crippen LogP) is 6.62. The molecule has 2 N–H and O–H groups in total. The summed E-state index contributed by atoms with van der Waals surface area (Å²) in [5.74, 6) is -1.06. The molecule has 0 saturated heterocycles. The lowest BCUT2D eigenvalue weighted by atomic mass is 9.95. The Hall–Kier alpha value is -5.16. The van der Waals surface area contributed by atoms with Crippen LogP contribution in [0.2, 0.25) is 0 Å². The van der Waals surface area contributed by atoms with Crippen molar-refractivity contribution >= 4 is 34.4 Å². The van der Waals surface area contributed by atoms with E-state index in [0.29, 0.717) is 11.3 Å². The van der Waals surface area contributed by atoms with E-state index in [9.17, 15) is 19.6 Å². The van der Waals surface area contributed by atoms with E-state index in [4.69, 9.17) is 4.74 Å². The molecule has 4 aromatic carbocycles. The SMILES string of the molecule is Cc1ccc(C)c(C(C(=O)Nc2ccc3ccccc3c2)N(CC#N)C(=O)C(Cc2ccccc2)NC(=O)OC(C)(C)C)c1. The van der Waals surface area contributed by atoms with Gasteiger partial charge < -0.3 is 20.3 Å². The molecular weight excluding hydrogens is 552 g/mol. The topological polar surface area (TPSA) is 112 Å². The molecule has 0 aliphatic rings. The number of anilines is 1. The highest BCUT2D eigenvalue weighted by Gasteiger charge is 2.37. The average molecular weight is 591 g/mol. The van der Waals surface area contributed by atoms with E-state index in [1.165, 1.54) is 4.90 Å². The summed E-state index contributed by atoms with van der Waals surface area (Å²) >= 11 is 0. The quantitative estimate of drug-likeness (QED) is 0.213. The average Bonchev–Trinajstić information content (AvgIpc) is 2.97. The number of ether oxygens (including phenoxy) is 1. The van der Waals surface area contributed by atoms with Crippen LogP contribution >= 0.6 is 0 Å². The summed E-state index contributed by atoms with van der Waals surface area (Å²) in [4.78, 5) is 42.8. The zero-order valence-corrected chi connectivity index (χ0v) is 25.8. The predicted molar refractivity (Wildman–Crippen MR) is 172 cm³/mol. The second-order valence-corrected chi connectivity index (χ2v) is 11.8. The number of carbonyl (C=O) groups is 3. The van der Waals surface area contributed by atoms with Gasteiger partial charge in [-0.15, -0.1) is 0 Å². The largest absolute Gasteiger partial charge is 0.444 e. The fraction of sp³-hybridized carbons (Fsp3) is 0.278. The third-order valence-corrected chi connectivity index (χ3v) is 7.10. The van der Waals surface area contributed by atoms with Crippen molar-refractivity contribution in [2.24, 2.45) is 0 Å². The van der Waals surface area contributed by atoms with Crippen molar-refractivity contribution in [2.45, 2.75) is 58.7 Å². The molecule has 4 rings (SSSR count). The Kier molecular flexibility index (Phi) is 10.0. The molecule has 0 aliphatic heterocycles. The van der Waals surface area contributed by atoms with Gasteiger partial charge in [0.1, 0.15) is 24.2 Å². The summed E-state index contributed by atoms with van der Waals surface area (Å²) in [6.45, 7) is 8.58. The van der Waals surface area contributed by atoms with E-state index in [0.717, 1.165) is 27.5 Å². The van der Waals surface area contributed by atoms with Crippen molar-refractivity contribution in [3.8, 4) is 6.07 Å². The third kappa shape index (κ3) is 8.23. The Balaban J connectivity index is 1.76. The lowest BCUT2D eigenvalue weighted by Gasteiger charge is -2.33. The Bertz CT molecular complexity index is 1690. The number of alkyl carbamates (subject to hydrolysis) is 1. The standard InChI is InChI=1S/C36H38N4O4/c1-24-15-16-25(2)30(21-24)32(33(41)38-29-18-17-27-13-9-10-14-28(27)23-29)40(20-19-37)34(42)31(22-26-11-7-6-8-12-26)39-35(43)44-36(3,4)5/h6-18,21,23,31-32H,20,22H2,1-5H3,(H,38,41)(H,39,43). The van der Waals surface area contributed by atoms with E-state index in [-0.39, 0.29) is 13.0 Å². The number of hydrogen-bond acceptors (Lipinski definition) is 5. The van der Waals surface area contributed by atoms with E-state index in [2.05, 4.69) is 16.7 Å². The number of aryl methyl sites for hydroxylation is 2. The van der Waals surface area contributed by atoms with Crippen LogP contribution in [0.5, 0.6) is 0 Å². The maximum absolute atomic E-state index is 14.4. The van der Waals surface area contributed by atoms with Gasteiger partial charge in [0, 0.05) is 12.1 Å². The molecule has 0 spiro atoms. The number of carbonyl (C=O) groups excluding carboxylic acids is 3. The van der Waals surface area contributed by atoms with E-state index >= 15 is 0 Å². The molecule has 8 nitrogen and oxygen atoms in total. The number of benzene rings is 4. The molecule has 0 saturated carbocycles. The molecular formula is C36H38N4O4. The van der Waals surface area contributed by atoms with Gasteiger partial charge in [-0.2, -0.15) is 5.26 Å². The van der Waals surface area contributed by atoms with Crippen LogP contribution in [-0.2, 0) is 20.7 Å². The second kappa shape index (κ2) is 13.9. The smallest absolute Gasteiger partial charge is 0.408 e. The highest BCUT2D eigenvalue weighted by molar-refractivity contribution is 6.00. The minimum Gasteiger partial charge on any atom is -0.444 e. The highest BCUT2D eigenvalue weighted by Crippen LogP contribution is 2.29. The number of hydrogen-bond donors (Lipinski definition) is 2. The fourth-order valence-electron chi connectivity index (χ4n) is 5.06. The number of amides is 3. The molecule has 8 heteroatoms. The first-order valence-electron chi connectivity index (χ1n) is 14.5. The first-order chi connectivity index (χ1) is 20.9. The molecule has 0 aromatic heterocycles. The Morgan fingerprint density at radius 3 is 2.25 bits per heavy atom. The van der Waals surface area contributed by atoms with Crippen LogP contribution in [0, 0.1) is 25.2 Å². The van der Waals surface area contributed by atoms with Crippen LogP contribution < -0.4 is 10.6 Å². The van der Waals surface area contributed by atoms with E-state index in [1.807, 2.05) is 98.8 Å². The molecule has 0 radical (unpaired) electrons. The highest BCUT2D eigenvalue weighted by atomic mass is 16.6. The molecule has 44 heavy (non-hydrogen) atoms. The molecule has 3 amide bonds. The monoisotopic (exact) mass is 590 g/mol. The zero-order valence-electron chi connectivity index (χ0n) is 25.8. The molecule has 2 atom stereocenters. The molecule has 0 heterocycles. The van der Waals surface area contributed by atoms with Gasteiger partial charge in [0.15, 0.2) is 0 Å². The summed E-state index contributed by atoms with van der Waals surface area (Å²) in [5.41, 5.74) is 2.82. The van der Waals surface area contributed by atoms with Crippen molar-refractivity contribution in [2.75, 3.05) is 11.9 Å². The first kappa shape index (κ1) is 31.8. The lowest BCUT2D eigenvalue weighted by molar-refractivity contribution is -0.140. The van der Waals surface area contributed by atoms with Crippen molar-refractivity contribution in [1.82, 2.24) is 10.2 Å². The van der Waals surface area contributed by atoms with Gasteiger partial charge in [0.05, 0.1) is 6.07 Å². The third-order valence-electron chi connectivity index (χ3n) is 7.10. The maximum Gasteiger partial charge on any atom is 0.408 e. The zero-order chi connectivity index (χ0) is 31.9. The van der Waals surface area contributed by atoms with Crippen LogP contribution in [0.3, 0.4) is 0 Å². The normalized spacial score (nSPS) is 12.5. The van der Waals surface area contributed by atoms with Crippen LogP contribution in [0.25, 0.3) is 10.8 Å². The van der Waals surface area contributed by atoms with E-state index < -0.39 is 35.6 Å². The summed E-state index contributed by atoms with van der Waals surface area (Å²) in [6, 6.07) is 28.1. The maximum atomic E-state index is 14.4. The molecule has 226 valence electrons. The van der Waals surface area contributed by atoms with Gasteiger partial charge in [-0.1, -0.05) is 84.4 Å². The molecule has 0 bridgehead atoms. The number of fused-ring (bicyclic) bond motifs is 1. The van der Waals surface area contributed by atoms with Crippen molar-refractivity contribution in [3.05, 3.63) is 113 Å². The Morgan fingerprint density at radius 1 is 0.886 bits per heavy atom. The fourth-order valence-corrected chi connectivity index (χ4v) is 5.06.